The van der Waals surface area contributed by atoms with Crippen LogP contribution in [0.5, 0.6) is 0 Å². The van der Waals surface area contributed by atoms with Crippen LogP contribution < -0.4 is 4.72 Å². The fraction of sp³-hybridized carbons (Fsp3) is 0.538. The maximum absolute atomic E-state index is 13.3. The summed E-state index contributed by atoms with van der Waals surface area (Å²) >= 11 is 0. The number of benzene rings is 1. The van der Waals surface area contributed by atoms with Gasteiger partial charge in [-0.2, -0.15) is 0 Å². The van der Waals surface area contributed by atoms with Crippen molar-refractivity contribution in [2.45, 2.75) is 31.7 Å². The molecule has 1 saturated carbocycles. The van der Waals surface area contributed by atoms with Gasteiger partial charge in [0.1, 0.15) is 5.82 Å². The molecular formula is C13H18FNO2S. The van der Waals surface area contributed by atoms with Crippen molar-refractivity contribution >= 4 is 10.0 Å². The second-order valence-corrected chi connectivity index (χ2v) is 6.75. The highest BCUT2D eigenvalue weighted by Gasteiger charge is 2.28. The standard InChI is InChI=1S/C13H18FNO2S/c1-18(16,17)15-13(10-5-2-3-6-10)11-7-4-8-12(14)9-11/h4,7-10,13,15H,2-3,5-6H2,1H3. The molecule has 1 unspecified atom stereocenters. The summed E-state index contributed by atoms with van der Waals surface area (Å²) in [5.74, 6) is -0.0627. The average molecular weight is 271 g/mol. The summed E-state index contributed by atoms with van der Waals surface area (Å²) in [5.41, 5.74) is 0.715. The first-order valence-corrected chi connectivity index (χ1v) is 8.07. The number of hydrogen-bond donors (Lipinski definition) is 1. The minimum Gasteiger partial charge on any atom is -0.213 e. The van der Waals surface area contributed by atoms with Gasteiger partial charge in [0, 0.05) is 6.04 Å². The van der Waals surface area contributed by atoms with Crippen molar-refractivity contribution < 1.29 is 12.8 Å². The normalized spacial score (nSPS) is 19.0. The molecule has 1 aliphatic carbocycles. The van der Waals surface area contributed by atoms with Gasteiger partial charge in [0.15, 0.2) is 0 Å². The fourth-order valence-corrected chi connectivity index (χ4v) is 3.45. The van der Waals surface area contributed by atoms with E-state index >= 15 is 0 Å². The van der Waals surface area contributed by atoms with Gasteiger partial charge in [0.05, 0.1) is 6.26 Å². The molecule has 0 saturated heterocycles. The van der Waals surface area contributed by atoms with Crippen LogP contribution in [0.1, 0.15) is 37.3 Å². The van der Waals surface area contributed by atoms with Crippen LogP contribution in [0.3, 0.4) is 0 Å². The molecule has 0 aliphatic heterocycles. The minimum atomic E-state index is -3.29. The van der Waals surface area contributed by atoms with E-state index in [0.29, 0.717) is 5.56 Å². The van der Waals surface area contributed by atoms with E-state index in [9.17, 15) is 12.8 Å². The molecule has 0 spiro atoms. The third-order valence-corrected chi connectivity index (χ3v) is 4.10. The smallest absolute Gasteiger partial charge is 0.209 e. The van der Waals surface area contributed by atoms with E-state index in [0.717, 1.165) is 31.9 Å². The zero-order chi connectivity index (χ0) is 13.2. The molecule has 0 amide bonds. The molecule has 0 heterocycles. The van der Waals surface area contributed by atoms with E-state index in [1.807, 2.05) is 0 Å². The second-order valence-electron chi connectivity index (χ2n) is 4.97. The lowest BCUT2D eigenvalue weighted by molar-refractivity contribution is 0.410. The zero-order valence-corrected chi connectivity index (χ0v) is 11.2. The summed E-state index contributed by atoms with van der Waals surface area (Å²) in [5, 5.41) is 0. The molecule has 0 bridgehead atoms. The summed E-state index contributed by atoms with van der Waals surface area (Å²) in [6.07, 6.45) is 5.35. The van der Waals surface area contributed by atoms with E-state index in [4.69, 9.17) is 0 Å². The average Bonchev–Trinajstić information content (AvgIpc) is 2.78. The third-order valence-electron chi connectivity index (χ3n) is 3.42. The van der Waals surface area contributed by atoms with Gasteiger partial charge in [0.25, 0.3) is 0 Å². The zero-order valence-electron chi connectivity index (χ0n) is 10.4. The van der Waals surface area contributed by atoms with Crippen LogP contribution in [0.4, 0.5) is 4.39 Å². The molecule has 1 aromatic carbocycles. The van der Waals surface area contributed by atoms with Crippen LogP contribution in [0.2, 0.25) is 0 Å². The molecule has 5 heteroatoms. The van der Waals surface area contributed by atoms with Crippen molar-refractivity contribution in [2.24, 2.45) is 5.92 Å². The van der Waals surface area contributed by atoms with Gasteiger partial charge in [-0.25, -0.2) is 17.5 Å². The van der Waals surface area contributed by atoms with Crippen LogP contribution in [0, 0.1) is 11.7 Å². The largest absolute Gasteiger partial charge is 0.213 e. The molecule has 1 aliphatic rings. The Kier molecular flexibility index (Phi) is 4.02. The molecule has 1 atom stereocenters. The van der Waals surface area contributed by atoms with E-state index in [-0.39, 0.29) is 17.8 Å². The Labute approximate surface area is 107 Å². The lowest BCUT2D eigenvalue weighted by atomic mass is 9.92. The SMILES string of the molecule is CS(=O)(=O)NC(c1cccc(F)c1)C1CCCC1. The predicted molar refractivity (Wildman–Crippen MR) is 69.1 cm³/mol. The highest BCUT2D eigenvalue weighted by atomic mass is 32.2. The van der Waals surface area contributed by atoms with Gasteiger partial charge in [-0.1, -0.05) is 25.0 Å². The molecule has 18 heavy (non-hydrogen) atoms. The first kappa shape index (κ1) is 13.5. The molecule has 100 valence electrons. The molecular weight excluding hydrogens is 253 g/mol. The number of hydrogen-bond acceptors (Lipinski definition) is 2. The lowest BCUT2D eigenvalue weighted by Crippen LogP contribution is -2.31. The Morgan fingerprint density at radius 2 is 2.00 bits per heavy atom. The number of halogens is 1. The fourth-order valence-electron chi connectivity index (χ4n) is 2.66. The maximum atomic E-state index is 13.3. The van der Waals surface area contributed by atoms with Crippen molar-refractivity contribution in [3.8, 4) is 0 Å². The van der Waals surface area contributed by atoms with Gasteiger partial charge in [-0.15, -0.1) is 0 Å². The van der Waals surface area contributed by atoms with Gasteiger partial charge in [-0.05, 0) is 36.5 Å². The summed E-state index contributed by atoms with van der Waals surface area (Å²) < 4.78 is 38.8. The Balaban J connectivity index is 2.29. The first-order valence-electron chi connectivity index (χ1n) is 6.18. The van der Waals surface area contributed by atoms with E-state index in [1.54, 1.807) is 12.1 Å². The molecule has 2 rings (SSSR count). The van der Waals surface area contributed by atoms with Crippen LogP contribution in [-0.2, 0) is 10.0 Å². The topological polar surface area (TPSA) is 46.2 Å². The van der Waals surface area contributed by atoms with Gasteiger partial charge < -0.3 is 0 Å². The molecule has 1 aromatic rings. The summed E-state index contributed by atoms with van der Waals surface area (Å²) in [6.45, 7) is 0. The van der Waals surface area contributed by atoms with Crippen LogP contribution in [0.25, 0.3) is 0 Å². The van der Waals surface area contributed by atoms with Gasteiger partial charge in [0.2, 0.25) is 10.0 Å². The Morgan fingerprint density at radius 1 is 1.33 bits per heavy atom. The van der Waals surface area contributed by atoms with Crippen LogP contribution in [0.15, 0.2) is 24.3 Å². The van der Waals surface area contributed by atoms with E-state index in [1.165, 1.54) is 12.1 Å². The first-order chi connectivity index (χ1) is 8.46. The van der Waals surface area contributed by atoms with Crippen LogP contribution >= 0.6 is 0 Å². The summed E-state index contributed by atoms with van der Waals surface area (Å²) in [7, 11) is -3.29. The monoisotopic (exact) mass is 271 g/mol. The number of rotatable bonds is 4. The van der Waals surface area contributed by atoms with E-state index in [2.05, 4.69) is 4.72 Å². The molecule has 1 N–H and O–H groups in total. The highest BCUT2D eigenvalue weighted by molar-refractivity contribution is 7.88. The minimum absolute atomic E-state index is 0.265. The Bertz CT molecular complexity index is 509. The van der Waals surface area contributed by atoms with Gasteiger partial charge in [-0.3, -0.25) is 0 Å². The molecule has 1 fully saturated rings. The Hall–Kier alpha value is -0.940. The van der Waals surface area contributed by atoms with Crippen molar-refractivity contribution in [3.05, 3.63) is 35.6 Å². The predicted octanol–water partition coefficient (Wildman–Crippen LogP) is 2.61. The maximum Gasteiger partial charge on any atom is 0.209 e. The molecule has 0 radical (unpaired) electrons. The van der Waals surface area contributed by atoms with E-state index < -0.39 is 10.0 Å². The Morgan fingerprint density at radius 3 is 2.56 bits per heavy atom. The number of sulfonamides is 1. The summed E-state index contributed by atoms with van der Waals surface area (Å²) in [4.78, 5) is 0. The van der Waals surface area contributed by atoms with Crippen molar-refractivity contribution in [3.63, 3.8) is 0 Å². The molecule has 3 nitrogen and oxygen atoms in total. The van der Waals surface area contributed by atoms with Crippen LogP contribution in [-0.4, -0.2) is 14.7 Å². The quantitative estimate of drug-likeness (QED) is 0.915. The summed E-state index contributed by atoms with van der Waals surface area (Å²) in [6, 6.07) is 5.88. The lowest BCUT2D eigenvalue weighted by Gasteiger charge is -2.24. The van der Waals surface area contributed by atoms with Crippen molar-refractivity contribution in [2.75, 3.05) is 6.26 Å². The van der Waals surface area contributed by atoms with Gasteiger partial charge >= 0.3 is 0 Å². The second kappa shape index (κ2) is 5.36. The van der Waals surface area contributed by atoms with Crippen molar-refractivity contribution in [1.82, 2.24) is 4.72 Å². The number of nitrogens with one attached hydrogen (secondary N) is 1. The highest BCUT2D eigenvalue weighted by Crippen LogP contribution is 2.36. The van der Waals surface area contributed by atoms with Crippen molar-refractivity contribution in [1.29, 1.82) is 0 Å². The molecule has 0 aromatic heterocycles. The third kappa shape index (κ3) is 3.53.